The number of benzene rings is 2. The van der Waals surface area contributed by atoms with Crippen molar-refractivity contribution in [2.45, 2.75) is 25.6 Å². The van der Waals surface area contributed by atoms with E-state index in [4.69, 9.17) is 16.3 Å². The molecular formula is C17H19ClO. The summed E-state index contributed by atoms with van der Waals surface area (Å²) >= 11 is 6.57. The number of ether oxygens (including phenoxy) is 1. The summed E-state index contributed by atoms with van der Waals surface area (Å²) in [5.74, 6) is 0.888. The van der Waals surface area contributed by atoms with Crippen molar-refractivity contribution in [3.05, 3.63) is 65.2 Å². The van der Waals surface area contributed by atoms with Crippen LogP contribution in [0.4, 0.5) is 0 Å². The van der Waals surface area contributed by atoms with Gasteiger partial charge in [0.15, 0.2) is 0 Å². The monoisotopic (exact) mass is 274 g/mol. The maximum Gasteiger partial charge on any atom is 0.123 e. The number of hydrogen-bond acceptors (Lipinski definition) is 1. The molecule has 0 heterocycles. The summed E-state index contributed by atoms with van der Waals surface area (Å²) in [6.45, 7) is 4.76. The molecule has 19 heavy (non-hydrogen) atoms. The predicted octanol–water partition coefficient (Wildman–Crippen LogP) is 4.92. The minimum atomic E-state index is -0.0659. The van der Waals surface area contributed by atoms with Gasteiger partial charge in [-0.1, -0.05) is 42.5 Å². The highest BCUT2D eigenvalue weighted by Gasteiger charge is 2.14. The summed E-state index contributed by atoms with van der Waals surface area (Å²) in [5, 5.41) is -0.0659. The molecule has 0 aliphatic heterocycles. The first kappa shape index (κ1) is 14.0. The zero-order chi connectivity index (χ0) is 13.7. The summed E-state index contributed by atoms with van der Waals surface area (Å²) in [6.07, 6.45) is 0.818. The quantitative estimate of drug-likeness (QED) is 0.704. The largest absolute Gasteiger partial charge is 0.494 e. The first-order chi connectivity index (χ1) is 9.22. The molecule has 2 rings (SSSR count). The Balaban J connectivity index is 2.20. The highest BCUT2D eigenvalue weighted by atomic mass is 35.5. The molecule has 0 saturated carbocycles. The van der Waals surface area contributed by atoms with Gasteiger partial charge in [-0.3, -0.25) is 0 Å². The fourth-order valence-electron chi connectivity index (χ4n) is 2.17. The maximum absolute atomic E-state index is 6.57. The predicted molar refractivity (Wildman–Crippen MR) is 81.1 cm³/mol. The van der Waals surface area contributed by atoms with Crippen LogP contribution in [-0.2, 0) is 6.42 Å². The van der Waals surface area contributed by atoms with E-state index in [0.717, 1.165) is 17.7 Å². The molecule has 0 N–H and O–H groups in total. The first-order valence-electron chi connectivity index (χ1n) is 6.62. The van der Waals surface area contributed by atoms with E-state index in [1.807, 2.05) is 31.2 Å². The standard InChI is InChI=1S/C17H19ClO/c1-3-19-17-11-7-6-10-15(17)16(18)12-14-9-5-4-8-13(14)2/h4-11,16H,3,12H2,1-2H3. The molecular weight excluding hydrogens is 256 g/mol. The van der Waals surface area contributed by atoms with Gasteiger partial charge in [-0.15, -0.1) is 11.6 Å². The van der Waals surface area contributed by atoms with Crippen LogP contribution in [0, 0.1) is 6.92 Å². The molecule has 100 valence electrons. The molecule has 0 fully saturated rings. The van der Waals surface area contributed by atoms with Crippen molar-refractivity contribution >= 4 is 11.6 Å². The third-order valence-electron chi connectivity index (χ3n) is 3.22. The van der Waals surface area contributed by atoms with Crippen molar-refractivity contribution < 1.29 is 4.74 Å². The van der Waals surface area contributed by atoms with Gasteiger partial charge in [0.25, 0.3) is 0 Å². The summed E-state index contributed by atoms with van der Waals surface area (Å²) in [6, 6.07) is 16.4. The Morgan fingerprint density at radius 2 is 1.74 bits per heavy atom. The highest BCUT2D eigenvalue weighted by Crippen LogP contribution is 2.32. The normalized spacial score (nSPS) is 12.2. The van der Waals surface area contributed by atoms with Gasteiger partial charge in [0.2, 0.25) is 0 Å². The molecule has 0 bridgehead atoms. The molecule has 1 atom stereocenters. The van der Waals surface area contributed by atoms with Gasteiger partial charge in [-0.2, -0.15) is 0 Å². The molecule has 0 spiro atoms. The lowest BCUT2D eigenvalue weighted by atomic mass is 10.00. The molecule has 2 heteroatoms. The van der Waals surface area contributed by atoms with Crippen LogP contribution in [0.5, 0.6) is 5.75 Å². The van der Waals surface area contributed by atoms with Gasteiger partial charge >= 0.3 is 0 Å². The topological polar surface area (TPSA) is 9.23 Å². The molecule has 0 aliphatic carbocycles. The van der Waals surface area contributed by atoms with E-state index in [2.05, 4.69) is 31.2 Å². The Morgan fingerprint density at radius 1 is 1.05 bits per heavy atom. The second-order valence-electron chi connectivity index (χ2n) is 4.57. The van der Waals surface area contributed by atoms with Gasteiger partial charge in [0.05, 0.1) is 12.0 Å². The van der Waals surface area contributed by atoms with Crippen LogP contribution in [0.3, 0.4) is 0 Å². The number of aryl methyl sites for hydroxylation is 1. The third kappa shape index (κ3) is 3.51. The zero-order valence-corrected chi connectivity index (χ0v) is 12.2. The van der Waals surface area contributed by atoms with Gasteiger partial charge in [-0.25, -0.2) is 0 Å². The van der Waals surface area contributed by atoms with E-state index in [1.54, 1.807) is 0 Å². The Kier molecular flexibility index (Phi) is 4.86. The second kappa shape index (κ2) is 6.63. The average molecular weight is 275 g/mol. The number of para-hydroxylation sites is 1. The molecule has 0 aromatic heterocycles. The van der Waals surface area contributed by atoms with Gasteiger partial charge in [-0.05, 0) is 37.5 Å². The number of rotatable bonds is 5. The molecule has 2 aromatic carbocycles. The number of hydrogen-bond donors (Lipinski definition) is 0. The molecule has 0 amide bonds. The van der Waals surface area contributed by atoms with Crippen LogP contribution in [0.2, 0.25) is 0 Å². The van der Waals surface area contributed by atoms with Crippen LogP contribution in [0.15, 0.2) is 48.5 Å². The van der Waals surface area contributed by atoms with E-state index in [9.17, 15) is 0 Å². The fourth-order valence-corrected chi connectivity index (χ4v) is 2.51. The van der Waals surface area contributed by atoms with Crippen molar-refractivity contribution in [3.63, 3.8) is 0 Å². The minimum absolute atomic E-state index is 0.0659. The fraction of sp³-hybridized carbons (Fsp3) is 0.294. The Bertz CT molecular complexity index is 536. The van der Waals surface area contributed by atoms with Crippen molar-refractivity contribution in [1.29, 1.82) is 0 Å². The van der Waals surface area contributed by atoms with Crippen LogP contribution in [0.25, 0.3) is 0 Å². The Hall–Kier alpha value is -1.47. The summed E-state index contributed by atoms with van der Waals surface area (Å²) in [4.78, 5) is 0. The number of halogens is 1. The zero-order valence-electron chi connectivity index (χ0n) is 11.4. The van der Waals surface area contributed by atoms with Crippen LogP contribution >= 0.6 is 11.6 Å². The average Bonchev–Trinajstić information content (AvgIpc) is 2.42. The van der Waals surface area contributed by atoms with Gasteiger partial charge in [0, 0.05) is 5.56 Å². The SMILES string of the molecule is CCOc1ccccc1C(Cl)Cc1ccccc1C. The van der Waals surface area contributed by atoms with E-state index in [0.29, 0.717) is 6.61 Å². The van der Waals surface area contributed by atoms with Crippen LogP contribution in [-0.4, -0.2) is 6.61 Å². The summed E-state index contributed by atoms with van der Waals surface area (Å²) < 4.78 is 5.64. The van der Waals surface area contributed by atoms with E-state index >= 15 is 0 Å². The summed E-state index contributed by atoms with van der Waals surface area (Å²) in [5.41, 5.74) is 3.63. The van der Waals surface area contributed by atoms with E-state index in [1.165, 1.54) is 11.1 Å². The molecule has 2 aromatic rings. The van der Waals surface area contributed by atoms with Crippen molar-refractivity contribution in [2.24, 2.45) is 0 Å². The van der Waals surface area contributed by atoms with Crippen molar-refractivity contribution in [3.8, 4) is 5.75 Å². The van der Waals surface area contributed by atoms with Crippen molar-refractivity contribution in [1.82, 2.24) is 0 Å². The lowest BCUT2D eigenvalue weighted by Crippen LogP contribution is -2.02. The van der Waals surface area contributed by atoms with E-state index < -0.39 is 0 Å². The third-order valence-corrected chi connectivity index (χ3v) is 3.61. The number of alkyl halides is 1. The smallest absolute Gasteiger partial charge is 0.123 e. The summed E-state index contributed by atoms with van der Waals surface area (Å²) in [7, 11) is 0. The Labute approximate surface area is 120 Å². The van der Waals surface area contributed by atoms with Crippen molar-refractivity contribution in [2.75, 3.05) is 6.61 Å². The lowest BCUT2D eigenvalue weighted by Gasteiger charge is -2.16. The van der Waals surface area contributed by atoms with E-state index in [-0.39, 0.29) is 5.38 Å². The molecule has 0 radical (unpaired) electrons. The molecule has 0 saturated heterocycles. The minimum Gasteiger partial charge on any atom is -0.494 e. The Morgan fingerprint density at radius 3 is 2.47 bits per heavy atom. The first-order valence-corrected chi connectivity index (χ1v) is 7.06. The maximum atomic E-state index is 6.57. The highest BCUT2D eigenvalue weighted by molar-refractivity contribution is 6.21. The lowest BCUT2D eigenvalue weighted by molar-refractivity contribution is 0.336. The second-order valence-corrected chi connectivity index (χ2v) is 5.10. The molecule has 1 unspecified atom stereocenters. The van der Waals surface area contributed by atoms with Gasteiger partial charge in [0.1, 0.15) is 5.75 Å². The molecule has 1 nitrogen and oxygen atoms in total. The molecule has 0 aliphatic rings. The van der Waals surface area contributed by atoms with Crippen LogP contribution in [0.1, 0.15) is 29.0 Å². The van der Waals surface area contributed by atoms with Gasteiger partial charge < -0.3 is 4.74 Å². The van der Waals surface area contributed by atoms with Crippen LogP contribution < -0.4 is 4.74 Å².